The number of unbranched alkanes of at least 4 members (excludes halogenated alkanes) is 4. The van der Waals surface area contributed by atoms with Gasteiger partial charge in [0.25, 0.3) is 5.91 Å². The van der Waals surface area contributed by atoms with Crippen LogP contribution >= 0.6 is 0 Å². The number of amides is 1. The molecule has 0 saturated heterocycles. The van der Waals surface area contributed by atoms with Gasteiger partial charge >= 0.3 is 0 Å². The highest BCUT2D eigenvalue weighted by atomic mass is 16.5. The molecule has 2 heterocycles. The number of carbonyl (C=O) groups excluding carboxylic acids is 1. The zero-order valence-corrected chi connectivity index (χ0v) is 19.6. The first kappa shape index (κ1) is 23.2. The van der Waals surface area contributed by atoms with Gasteiger partial charge in [-0.2, -0.15) is 9.78 Å². The standard InChI is InChI=1S/C26H30N6O2/c1-3-4-5-6-11-16-28-26(33)22-23-25(31-20-14-9-8-13-19(20)30-23)32(24(22)27)29-17-18-12-7-10-15-21(18)34-2/h7-10,12-15,17H,3-6,11,16,27H2,1-2H3,(H,28,33). The minimum Gasteiger partial charge on any atom is -0.496 e. The Bertz CT molecular complexity index is 1330. The normalized spacial score (nSPS) is 11.5. The number of nitrogens with two attached hydrogens (primary N) is 1. The summed E-state index contributed by atoms with van der Waals surface area (Å²) in [6.07, 6.45) is 7.21. The SMILES string of the molecule is CCCCCCCNC(=O)c1c(N)n(N=Cc2ccccc2OC)c2nc3ccccc3nc12. The molecule has 4 aromatic rings. The molecule has 2 aromatic heterocycles. The lowest BCUT2D eigenvalue weighted by Crippen LogP contribution is -2.25. The molecule has 3 N–H and O–H groups in total. The maximum Gasteiger partial charge on any atom is 0.257 e. The van der Waals surface area contributed by atoms with Gasteiger partial charge in [-0.15, -0.1) is 0 Å². The molecule has 4 rings (SSSR count). The maximum atomic E-state index is 13.1. The van der Waals surface area contributed by atoms with E-state index in [1.807, 2.05) is 48.5 Å². The summed E-state index contributed by atoms with van der Waals surface area (Å²) >= 11 is 0. The molecule has 0 aliphatic carbocycles. The van der Waals surface area contributed by atoms with E-state index in [9.17, 15) is 4.79 Å². The molecule has 8 nitrogen and oxygen atoms in total. The zero-order valence-electron chi connectivity index (χ0n) is 19.6. The molecule has 2 aromatic carbocycles. The molecule has 0 unspecified atom stereocenters. The number of hydrogen-bond acceptors (Lipinski definition) is 6. The zero-order chi connectivity index (χ0) is 23.9. The Hall–Kier alpha value is -3.94. The van der Waals surface area contributed by atoms with E-state index in [0.29, 0.717) is 40.1 Å². The average molecular weight is 459 g/mol. The van der Waals surface area contributed by atoms with Gasteiger partial charge in [-0.3, -0.25) is 4.79 Å². The topological polar surface area (TPSA) is 107 Å². The number of fused-ring (bicyclic) bond motifs is 2. The van der Waals surface area contributed by atoms with Crippen LogP contribution in [0.1, 0.15) is 54.9 Å². The Kier molecular flexibility index (Phi) is 7.37. The highest BCUT2D eigenvalue weighted by Crippen LogP contribution is 2.28. The first-order valence-corrected chi connectivity index (χ1v) is 11.7. The number of carbonyl (C=O) groups is 1. The summed E-state index contributed by atoms with van der Waals surface area (Å²) in [5.41, 5.74) is 9.77. The van der Waals surface area contributed by atoms with Gasteiger partial charge < -0.3 is 15.8 Å². The monoisotopic (exact) mass is 458 g/mol. The van der Waals surface area contributed by atoms with Crippen LogP contribution in [0.25, 0.3) is 22.2 Å². The predicted octanol–water partition coefficient (Wildman–Crippen LogP) is 4.76. The number of benzene rings is 2. The van der Waals surface area contributed by atoms with E-state index in [0.717, 1.165) is 18.4 Å². The number of rotatable bonds is 10. The number of ether oxygens (including phenoxy) is 1. The average Bonchev–Trinajstić information content (AvgIpc) is 3.13. The van der Waals surface area contributed by atoms with Gasteiger partial charge in [-0.25, -0.2) is 9.97 Å². The van der Waals surface area contributed by atoms with E-state index >= 15 is 0 Å². The second-order valence-corrected chi connectivity index (χ2v) is 8.11. The molecule has 0 radical (unpaired) electrons. The summed E-state index contributed by atoms with van der Waals surface area (Å²) < 4.78 is 6.88. The Balaban J connectivity index is 1.72. The van der Waals surface area contributed by atoms with Crippen molar-refractivity contribution in [3.05, 3.63) is 59.7 Å². The van der Waals surface area contributed by atoms with Gasteiger partial charge in [0.15, 0.2) is 5.65 Å². The van der Waals surface area contributed by atoms with Crippen molar-refractivity contribution in [2.45, 2.75) is 39.0 Å². The van der Waals surface area contributed by atoms with Crippen LogP contribution in [-0.4, -0.2) is 40.4 Å². The van der Waals surface area contributed by atoms with E-state index < -0.39 is 0 Å². The van der Waals surface area contributed by atoms with Gasteiger partial charge in [0, 0.05) is 12.1 Å². The van der Waals surface area contributed by atoms with Crippen molar-refractivity contribution < 1.29 is 9.53 Å². The van der Waals surface area contributed by atoms with Crippen LogP contribution < -0.4 is 15.8 Å². The molecule has 0 saturated carbocycles. The van der Waals surface area contributed by atoms with E-state index in [2.05, 4.69) is 17.3 Å². The van der Waals surface area contributed by atoms with Crippen LogP contribution in [0.15, 0.2) is 53.6 Å². The number of hydrogen-bond donors (Lipinski definition) is 2. The molecule has 0 spiro atoms. The lowest BCUT2D eigenvalue weighted by Gasteiger charge is -2.06. The predicted molar refractivity (Wildman–Crippen MR) is 137 cm³/mol. The number of nitrogens with zero attached hydrogens (tertiary/aromatic N) is 4. The van der Waals surface area contributed by atoms with Crippen molar-refractivity contribution in [1.29, 1.82) is 0 Å². The second-order valence-electron chi connectivity index (χ2n) is 8.11. The molecule has 0 atom stereocenters. The molecule has 0 fully saturated rings. The first-order valence-electron chi connectivity index (χ1n) is 11.7. The summed E-state index contributed by atoms with van der Waals surface area (Å²) in [7, 11) is 1.61. The van der Waals surface area contributed by atoms with Crippen molar-refractivity contribution in [3.8, 4) is 5.75 Å². The molecular weight excluding hydrogens is 428 g/mol. The van der Waals surface area contributed by atoms with Crippen LogP contribution in [0.2, 0.25) is 0 Å². The third-order valence-corrected chi connectivity index (χ3v) is 5.72. The third-order valence-electron chi connectivity index (χ3n) is 5.72. The van der Waals surface area contributed by atoms with Crippen LogP contribution in [0, 0.1) is 0 Å². The van der Waals surface area contributed by atoms with E-state index in [4.69, 9.17) is 20.4 Å². The van der Waals surface area contributed by atoms with Crippen LogP contribution in [0.4, 0.5) is 5.82 Å². The molecule has 0 aliphatic rings. The van der Waals surface area contributed by atoms with Crippen molar-refractivity contribution >= 4 is 40.1 Å². The Morgan fingerprint density at radius 3 is 2.53 bits per heavy atom. The molecule has 176 valence electrons. The van der Waals surface area contributed by atoms with Crippen molar-refractivity contribution in [2.24, 2.45) is 5.10 Å². The fourth-order valence-electron chi connectivity index (χ4n) is 3.90. The summed E-state index contributed by atoms with van der Waals surface area (Å²) in [6.45, 7) is 2.77. The fraction of sp³-hybridized carbons (Fsp3) is 0.308. The minimum absolute atomic E-state index is 0.194. The Morgan fingerprint density at radius 2 is 1.76 bits per heavy atom. The van der Waals surface area contributed by atoms with Gasteiger partial charge in [0.1, 0.15) is 22.6 Å². The molecule has 1 amide bonds. The van der Waals surface area contributed by atoms with Gasteiger partial charge in [-0.05, 0) is 30.7 Å². The third kappa shape index (κ3) is 4.85. The van der Waals surface area contributed by atoms with E-state index in [1.165, 1.54) is 23.9 Å². The van der Waals surface area contributed by atoms with Gasteiger partial charge in [0.05, 0.1) is 24.4 Å². The number of nitrogens with one attached hydrogen (secondary N) is 1. The van der Waals surface area contributed by atoms with Crippen LogP contribution in [0.5, 0.6) is 5.75 Å². The Labute approximate surface area is 198 Å². The lowest BCUT2D eigenvalue weighted by molar-refractivity contribution is 0.0955. The quantitative estimate of drug-likeness (QED) is 0.263. The number of aromatic nitrogens is 3. The molecule has 8 heteroatoms. The van der Waals surface area contributed by atoms with Crippen LogP contribution in [0.3, 0.4) is 0 Å². The van der Waals surface area contributed by atoms with Crippen molar-refractivity contribution in [3.63, 3.8) is 0 Å². The molecular formula is C26H30N6O2. The maximum absolute atomic E-state index is 13.1. The van der Waals surface area contributed by atoms with E-state index in [-0.39, 0.29) is 11.7 Å². The summed E-state index contributed by atoms with van der Waals surface area (Å²) in [5, 5.41) is 7.55. The van der Waals surface area contributed by atoms with Gasteiger partial charge in [0.2, 0.25) is 0 Å². The summed E-state index contributed by atoms with van der Waals surface area (Å²) in [6, 6.07) is 15.0. The highest BCUT2D eigenvalue weighted by Gasteiger charge is 2.23. The van der Waals surface area contributed by atoms with Crippen molar-refractivity contribution in [2.75, 3.05) is 19.4 Å². The van der Waals surface area contributed by atoms with Gasteiger partial charge in [-0.1, -0.05) is 56.9 Å². The summed E-state index contributed by atoms with van der Waals surface area (Å²) in [5.74, 6) is 0.604. The van der Waals surface area contributed by atoms with Crippen molar-refractivity contribution in [1.82, 2.24) is 20.0 Å². The number of methoxy groups -OCH3 is 1. The van der Waals surface area contributed by atoms with E-state index in [1.54, 1.807) is 13.3 Å². The molecule has 34 heavy (non-hydrogen) atoms. The second kappa shape index (κ2) is 10.8. The summed E-state index contributed by atoms with van der Waals surface area (Å²) in [4.78, 5) is 22.6. The number of para-hydroxylation sites is 3. The molecule has 0 bridgehead atoms. The fourth-order valence-corrected chi connectivity index (χ4v) is 3.90. The molecule has 0 aliphatic heterocycles. The largest absolute Gasteiger partial charge is 0.496 e. The number of nitrogen functional groups attached to an aromatic ring is 1. The minimum atomic E-state index is -0.270. The smallest absolute Gasteiger partial charge is 0.257 e. The number of anilines is 1. The Morgan fingerprint density at radius 1 is 1.06 bits per heavy atom. The first-order chi connectivity index (χ1) is 16.6. The van der Waals surface area contributed by atoms with Crippen LogP contribution in [-0.2, 0) is 0 Å². The highest BCUT2D eigenvalue weighted by molar-refractivity contribution is 6.10. The lowest BCUT2D eigenvalue weighted by atomic mass is 10.1.